The van der Waals surface area contributed by atoms with E-state index in [0.29, 0.717) is 11.1 Å². The van der Waals surface area contributed by atoms with Crippen molar-refractivity contribution in [2.24, 2.45) is 5.41 Å². The van der Waals surface area contributed by atoms with Crippen LogP contribution in [-0.4, -0.2) is 96.5 Å². The lowest BCUT2D eigenvalue weighted by molar-refractivity contribution is -0.213. The number of carbonyl (C=O) groups excluding carboxylic acids is 4. The van der Waals surface area contributed by atoms with Gasteiger partial charge in [-0.1, -0.05) is 97.1 Å². The number of hydroxylamine groups is 2. The van der Waals surface area contributed by atoms with Crippen molar-refractivity contribution in [1.82, 2.24) is 20.6 Å². The summed E-state index contributed by atoms with van der Waals surface area (Å²) in [4.78, 5) is 62.2. The normalized spacial score (nSPS) is 25.7. The second kappa shape index (κ2) is 15.7. The largest absolute Gasteiger partial charge is 0.458 e. The van der Waals surface area contributed by atoms with E-state index in [2.05, 4.69) is 10.6 Å². The lowest BCUT2D eigenvalue weighted by Crippen LogP contribution is -2.69. The molecule has 4 fully saturated rings. The number of fused-ring (bicyclic) bond motifs is 4. The Bertz CT molecular complexity index is 2120. The third-order valence-electron chi connectivity index (χ3n) is 11.1. The van der Waals surface area contributed by atoms with Crippen LogP contribution in [0.5, 0.6) is 0 Å². The van der Waals surface area contributed by atoms with Gasteiger partial charge < -0.3 is 34.9 Å². The fourth-order valence-electron chi connectivity index (χ4n) is 8.36. The highest BCUT2D eigenvalue weighted by atomic mass is 16.8. The molecule has 3 amide bonds. The Hall–Kier alpha value is -5.70. The number of nitrogens with zero attached hydrogens (tertiary/aromatic N) is 2. The molecule has 4 aromatic carbocycles. The molecule has 3 heterocycles. The molecule has 4 aliphatic rings. The molecule has 13 nitrogen and oxygen atoms in total. The van der Waals surface area contributed by atoms with E-state index in [9.17, 15) is 19.2 Å². The predicted molar refractivity (Wildman–Crippen MR) is 206 cm³/mol. The molecule has 8 rings (SSSR count). The number of aliphatic hydroxyl groups excluding tert-OH is 1. The van der Waals surface area contributed by atoms with Crippen LogP contribution in [0.15, 0.2) is 115 Å². The van der Waals surface area contributed by atoms with Crippen molar-refractivity contribution >= 4 is 29.8 Å². The summed E-state index contributed by atoms with van der Waals surface area (Å²) >= 11 is 0. The number of carbonyl (C=O) groups is 4. The summed E-state index contributed by atoms with van der Waals surface area (Å²) in [6.07, 6.45) is -0.0526. The summed E-state index contributed by atoms with van der Waals surface area (Å²) < 4.78 is 20.2. The van der Waals surface area contributed by atoms with Gasteiger partial charge in [-0.2, -0.15) is 5.06 Å². The molecule has 3 N–H and O–H groups in total. The lowest BCUT2D eigenvalue weighted by Gasteiger charge is -2.48. The number of nitrogens with one attached hydrogen (secondary N) is 2. The van der Waals surface area contributed by atoms with E-state index in [1.165, 1.54) is 16.0 Å². The molecule has 294 valence electrons. The molecule has 6 unspecified atom stereocenters. The Balaban J connectivity index is 1.14. The maximum Gasteiger partial charge on any atom is 0.327 e. The van der Waals surface area contributed by atoms with Crippen LogP contribution in [0.2, 0.25) is 0 Å². The first-order valence-corrected chi connectivity index (χ1v) is 19.0. The molecule has 2 bridgehead atoms. The topological polar surface area (TPSA) is 156 Å². The van der Waals surface area contributed by atoms with Gasteiger partial charge in [0.15, 0.2) is 6.04 Å². The first-order chi connectivity index (χ1) is 27.6. The van der Waals surface area contributed by atoms with Crippen LogP contribution in [0.1, 0.15) is 44.6 Å². The van der Waals surface area contributed by atoms with Crippen molar-refractivity contribution in [2.45, 2.75) is 55.8 Å². The fourth-order valence-corrected chi connectivity index (χ4v) is 8.36. The number of hydrogen-bond donors (Lipinski definition) is 3. The minimum absolute atomic E-state index is 0.0651. The van der Waals surface area contributed by atoms with Crippen LogP contribution in [0, 0.1) is 5.41 Å². The van der Waals surface area contributed by atoms with E-state index in [1.807, 2.05) is 84.9 Å². The molecule has 57 heavy (non-hydrogen) atoms. The van der Waals surface area contributed by atoms with Gasteiger partial charge in [-0.05, 0) is 34.9 Å². The fraction of sp³-hybridized carbons (Fsp3) is 0.318. The third kappa shape index (κ3) is 7.02. The van der Waals surface area contributed by atoms with Gasteiger partial charge in [0.2, 0.25) is 17.6 Å². The summed E-state index contributed by atoms with van der Waals surface area (Å²) in [5.41, 5.74) is 2.69. The Morgan fingerprint density at radius 3 is 2.21 bits per heavy atom. The van der Waals surface area contributed by atoms with Gasteiger partial charge in [-0.3, -0.25) is 24.0 Å². The zero-order chi connectivity index (χ0) is 39.7. The van der Waals surface area contributed by atoms with Crippen molar-refractivity contribution in [3.8, 4) is 0 Å². The highest BCUT2D eigenvalue weighted by Crippen LogP contribution is 2.59. The van der Waals surface area contributed by atoms with Gasteiger partial charge in [0.05, 0.1) is 13.2 Å². The molecule has 6 atom stereocenters. The van der Waals surface area contributed by atoms with Gasteiger partial charge in [-0.15, -0.1) is 0 Å². The molecule has 3 aliphatic heterocycles. The van der Waals surface area contributed by atoms with Crippen LogP contribution < -0.4 is 10.6 Å². The SMILES string of the molecule is CN(C)C(=O)C=Cc1ccc(CN2OC3C4OC(c5ccccc5)(c5ccccc5)OC4C4CC3(C(=O)NCc3cccc(C(=O)NCCO)c3)C2C(=O)O4)cc1. The zero-order valence-corrected chi connectivity index (χ0v) is 31.6. The van der Waals surface area contributed by atoms with Crippen molar-refractivity contribution in [3.05, 3.63) is 149 Å². The Labute approximate surface area is 330 Å². The number of amides is 3. The van der Waals surface area contributed by atoms with Crippen molar-refractivity contribution < 1.29 is 43.3 Å². The summed E-state index contributed by atoms with van der Waals surface area (Å²) in [6, 6.07) is 32.3. The Kier molecular flexibility index (Phi) is 10.5. The zero-order valence-electron chi connectivity index (χ0n) is 31.6. The molecule has 3 saturated heterocycles. The van der Waals surface area contributed by atoms with Gasteiger partial charge in [0.25, 0.3) is 5.91 Å². The second-order valence-corrected chi connectivity index (χ2v) is 14.9. The minimum atomic E-state index is -1.45. The smallest absolute Gasteiger partial charge is 0.327 e. The van der Waals surface area contributed by atoms with E-state index in [0.717, 1.165) is 22.3 Å². The Morgan fingerprint density at radius 2 is 1.54 bits per heavy atom. The standard InChI is InChI=1S/C44H44N4O9/c1-47(2)35(50)21-20-28-16-18-29(19-17-28)27-48-38-41(52)54-34-25-43(38,42(53)46-26-30-10-9-11-31(24-30)40(51)45-22-23-49)39(57-48)37-36(34)55-44(56-37,32-12-5-3-6-13-32)33-14-7-4-8-15-33/h3-21,24,34,36-39,49H,22-23,25-27H2,1-2H3,(H,45,51)(H,46,53). The summed E-state index contributed by atoms with van der Waals surface area (Å²) in [6.45, 7) is 0.129. The molecular formula is C44H44N4O9. The predicted octanol–water partition coefficient (Wildman–Crippen LogP) is 3.31. The highest BCUT2D eigenvalue weighted by Gasteiger charge is 2.76. The average molecular weight is 773 g/mol. The second-order valence-electron chi connectivity index (χ2n) is 14.9. The molecule has 1 aliphatic carbocycles. The molecule has 13 heteroatoms. The van der Waals surface area contributed by atoms with Crippen molar-refractivity contribution in [1.29, 1.82) is 0 Å². The number of likely N-dealkylation sites (N-methyl/N-ethyl adjacent to an activating group) is 1. The van der Waals surface area contributed by atoms with Gasteiger partial charge in [-0.25, -0.2) is 0 Å². The van der Waals surface area contributed by atoms with E-state index in [4.69, 9.17) is 24.2 Å². The van der Waals surface area contributed by atoms with Gasteiger partial charge in [0, 0.05) is 56.4 Å². The van der Waals surface area contributed by atoms with Crippen LogP contribution in [-0.2, 0) is 52.3 Å². The van der Waals surface area contributed by atoms with Crippen molar-refractivity contribution in [3.63, 3.8) is 0 Å². The molecule has 1 saturated carbocycles. The quantitative estimate of drug-likeness (QED) is 0.144. The minimum Gasteiger partial charge on any atom is -0.458 e. The third-order valence-corrected chi connectivity index (χ3v) is 11.1. The van der Waals surface area contributed by atoms with E-state index in [1.54, 1.807) is 44.4 Å². The first-order valence-electron chi connectivity index (χ1n) is 19.0. The summed E-state index contributed by atoms with van der Waals surface area (Å²) in [5.74, 6) is -2.89. The molecule has 0 radical (unpaired) electrons. The van der Waals surface area contributed by atoms with Gasteiger partial charge in [0.1, 0.15) is 29.8 Å². The number of aliphatic hydroxyl groups is 1. The molecule has 0 aromatic heterocycles. The van der Waals surface area contributed by atoms with Crippen LogP contribution in [0.3, 0.4) is 0 Å². The maximum atomic E-state index is 14.9. The van der Waals surface area contributed by atoms with Crippen LogP contribution >= 0.6 is 0 Å². The van der Waals surface area contributed by atoms with E-state index in [-0.39, 0.29) is 44.5 Å². The Morgan fingerprint density at radius 1 is 0.860 bits per heavy atom. The van der Waals surface area contributed by atoms with Crippen molar-refractivity contribution in [2.75, 3.05) is 27.2 Å². The number of rotatable bonds is 12. The summed E-state index contributed by atoms with van der Waals surface area (Å²) in [5, 5.41) is 16.4. The number of hydrogen-bond acceptors (Lipinski definition) is 10. The monoisotopic (exact) mass is 772 g/mol. The van der Waals surface area contributed by atoms with Crippen LogP contribution in [0.4, 0.5) is 0 Å². The number of ether oxygens (including phenoxy) is 3. The highest BCUT2D eigenvalue weighted by molar-refractivity contribution is 5.95. The number of esters is 1. The lowest BCUT2D eigenvalue weighted by atomic mass is 9.62. The van der Waals surface area contributed by atoms with E-state index >= 15 is 0 Å². The molecule has 0 spiro atoms. The van der Waals surface area contributed by atoms with E-state index < -0.39 is 53.5 Å². The summed E-state index contributed by atoms with van der Waals surface area (Å²) in [7, 11) is 3.37. The maximum absolute atomic E-state index is 14.9. The average Bonchev–Trinajstić information content (AvgIpc) is 3.82. The molecule has 4 aromatic rings. The van der Waals surface area contributed by atoms with Gasteiger partial charge >= 0.3 is 5.97 Å². The first kappa shape index (κ1) is 38.2. The van der Waals surface area contributed by atoms with Crippen LogP contribution in [0.25, 0.3) is 6.08 Å². The molecular weight excluding hydrogens is 729 g/mol. The number of benzene rings is 4.